The first-order valence-electron chi connectivity index (χ1n) is 8.47. The summed E-state index contributed by atoms with van der Waals surface area (Å²) in [4.78, 5) is 22.2. The number of oxime groups is 1. The standard InChI is InChI=1S/C17H26N4O3/c1-11(2)20(5)16(22)15-8-17(24-19-15)6-7-21(10-17)9-14-12(3)18-23-13(14)4/h11H,6-10H2,1-5H3/t17-/m1/s1. The molecule has 7 nitrogen and oxygen atoms in total. The fraction of sp³-hybridized carbons (Fsp3) is 0.706. The number of carbonyl (C=O) groups is 1. The van der Waals surface area contributed by atoms with Crippen molar-refractivity contribution in [3.8, 4) is 0 Å². The first-order valence-corrected chi connectivity index (χ1v) is 8.47. The minimum atomic E-state index is -0.359. The average Bonchev–Trinajstić information content (AvgIpc) is 3.23. The number of carbonyl (C=O) groups excluding carboxylic acids is 1. The molecule has 3 heterocycles. The predicted molar refractivity (Wildman–Crippen MR) is 89.6 cm³/mol. The average molecular weight is 334 g/mol. The van der Waals surface area contributed by atoms with Crippen LogP contribution >= 0.6 is 0 Å². The lowest BCUT2D eigenvalue weighted by Gasteiger charge is -2.23. The Hall–Kier alpha value is -1.89. The first-order chi connectivity index (χ1) is 11.3. The summed E-state index contributed by atoms with van der Waals surface area (Å²) in [5.74, 6) is 0.831. The van der Waals surface area contributed by atoms with E-state index < -0.39 is 0 Å². The van der Waals surface area contributed by atoms with Gasteiger partial charge in [-0.15, -0.1) is 0 Å². The monoisotopic (exact) mass is 334 g/mol. The lowest BCUT2D eigenvalue weighted by molar-refractivity contribution is -0.124. The van der Waals surface area contributed by atoms with Crippen LogP contribution < -0.4 is 0 Å². The molecule has 132 valence electrons. The van der Waals surface area contributed by atoms with Gasteiger partial charge in [-0.05, 0) is 27.7 Å². The van der Waals surface area contributed by atoms with Crippen molar-refractivity contribution in [1.29, 1.82) is 0 Å². The Balaban J connectivity index is 1.61. The van der Waals surface area contributed by atoms with Crippen molar-refractivity contribution in [2.24, 2.45) is 5.16 Å². The molecule has 24 heavy (non-hydrogen) atoms. The normalized spacial score (nSPS) is 23.8. The van der Waals surface area contributed by atoms with E-state index in [2.05, 4.69) is 15.2 Å². The van der Waals surface area contributed by atoms with Crippen LogP contribution in [0.2, 0.25) is 0 Å². The number of aromatic nitrogens is 1. The molecule has 2 aliphatic rings. The van der Waals surface area contributed by atoms with Crippen LogP contribution in [0.15, 0.2) is 9.68 Å². The zero-order chi connectivity index (χ0) is 17.5. The Labute approximate surface area is 142 Å². The van der Waals surface area contributed by atoms with E-state index in [1.807, 2.05) is 27.7 Å². The summed E-state index contributed by atoms with van der Waals surface area (Å²) >= 11 is 0. The molecule has 1 spiro atoms. The summed E-state index contributed by atoms with van der Waals surface area (Å²) < 4.78 is 5.24. The van der Waals surface area contributed by atoms with Crippen LogP contribution in [-0.2, 0) is 16.2 Å². The molecular weight excluding hydrogens is 308 g/mol. The van der Waals surface area contributed by atoms with Gasteiger partial charge in [0.05, 0.1) is 5.69 Å². The molecule has 0 bridgehead atoms. The van der Waals surface area contributed by atoms with Crippen molar-refractivity contribution in [2.45, 2.75) is 58.7 Å². The molecule has 2 aliphatic heterocycles. The third kappa shape index (κ3) is 3.05. The Kier molecular flexibility index (Phi) is 4.38. The first kappa shape index (κ1) is 17.0. The van der Waals surface area contributed by atoms with Gasteiger partial charge in [0.15, 0.2) is 5.60 Å². The molecule has 1 saturated heterocycles. The van der Waals surface area contributed by atoms with Crippen molar-refractivity contribution in [3.05, 3.63) is 17.0 Å². The zero-order valence-corrected chi connectivity index (χ0v) is 15.1. The van der Waals surface area contributed by atoms with E-state index in [1.54, 1.807) is 11.9 Å². The van der Waals surface area contributed by atoms with Crippen molar-refractivity contribution in [3.63, 3.8) is 0 Å². The molecule has 0 aromatic carbocycles. The van der Waals surface area contributed by atoms with E-state index in [0.29, 0.717) is 12.1 Å². The van der Waals surface area contributed by atoms with Gasteiger partial charge in [0.2, 0.25) is 0 Å². The second kappa shape index (κ2) is 6.20. The van der Waals surface area contributed by atoms with Crippen LogP contribution in [0.25, 0.3) is 0 Å². The van der Waals surface area contributed by atoms with Crippen LogP contribution in [0.5, 0.6) is 0 Å². The van der Waals surface area contributed by atoms with Gasteiger partial charge < -0.3 is 14.3 Å². The third-order valence-corrected chi connectivity index (χ3v) is 5.14. The Morgan fingerprint density at radius 2 is 2.17 bits per heavy atom. The summed E-state index contributed by atoms with van der Waals surface area (Å²) in [6, 6.07) is 0.149. The van der Waals surface area contributed by atoms with Gasteiger partial charge in [-0.2, -0.15) is 0 Å². The molecule has 1 atom stereocenters. The van der Waals surface area contributed by atoms with Crippen LogP contribution in [0.4, 0.5) is 0 Å². The zero-order valence-electron chi connectivity index (χ0n) is 15.1. The molecule has 1 fully saturated rings. The highest BCUT2D eigenvalue weighted by Gasteiger charge is 2.47. The van der Waals surface area contributed by atoms with Crippen LogP contribution in [0.3, 0.4) is 0 Å². The minimum Gasteiger partial charge on any atom is -0.387 e. The SMILES string of the molecule is Cc1noc(C)c1CN1CC[C@@]2(CC(C(=O)N(C)C(C)C)=NO2)C1. The van der Waals surface area contributed by atoms with Gasteiger partial charge in [0.1, 0.15) is 11.5 Å². The second-order valence-electron chi connectivity index (χ2n) is 7.26. The molecule has 3 rings (SSSR count). The van der Waals surface area contributed by atoms with Crippen LogP contribution in [0.1, 0.15) is 43.7 Å². The number of hydrogen-bond acceptors (Lipinski definition) is 6. The van der Waals surface area contributed by atoms with Gasteiger partial charge >= 0.3 is 0 Å². The van der Waals surface area contributed by atoms with E-state index in [-0.39, 0.29) is 17.6 Å². The second-order valence-corrected chi connectivity index (χ2v) is 7.26. The van der Waals surface area contributed by atoms with Crippen molar-refractivity contribution in [2.75, 3.05) is 20.1 Å². The Morgan fingerprint density at radius 1 is 1.42 bits per heavy atom. The maximum atomic E-state index is 12.4. The van der Waals surface area contributed by atoms with E-state index in [0.717, 1.165) is 43.1 Å². The molecule has 0 saturated carbocycles. The van der Waals surface area contributed by atoms with Gasteiger partial charge in [-0.1, -0.05) is 10.3 Å². The maximum Gasteiger partial charge on any atom is 0.271 e. The maximum absolute atomic E-state index is 12.4. The van der Waals surface area contributed by atoms with Crippen LogP contribution in [0, 0.1) is 13.8 Å². The number of aryl methyl sites for hydroxylation is 2. The lowest BCUT2D eigenvalue weighted by atomic mass is 9.96. The van der Waals surface area contributed by atoms with Gasteiger partial charge in [0.25, 0.3) is 5.91 Å². The van der Waals surface area contributed by atoms with E-state index >= 15 is 0 Å². The number of rotatable bonds is 4. The molecule has 0 unspecified atom stereocenters. The van der Waals surface area contributed by atoms with Crippen molar-refractivity contribution in [1.82, 2.24) is 15.0 Å². The third-order valence-electron chi connectivity index (χ3n) is 5.14. The number of likely N-dealkylation sites (tertiary alicyclic amines) is 1. The smallest absolute Gasteiger partial charge is 0.271 e. The molecule has 7 heteroatoms. The Morgan fingerprint density at radius 3 is 2.79 bits per heavy atom. The van der Waals surface area contributed by atoms with E-state index in [1.165, 1.54) is 0 Å². The fourth-order valence-corrected chi connectivity index (χ4v) is 3.31. The highest BCUT2D eigenvalue weighted by Crippen LogP contribution is 2.35. The number of nitrogens with zero attached hydrogens (tertiary/aromatic N) is 4. The van der Waals surface area contributed by atoms with E-state index in [4.69, 9.17) is 9.36 Å². The topological polar surface area (TPSA) is 71.2 Å². The number of hydrogen-bond donors (Lipinski definition) is 0. The summed E-state index contributed by atoms with van der Waals surface area (Å²) in [5.41, 5.74) is 2.25. The van der Waals surface area contributed by atoms with E-state index in [9.17, 15) is 4.79 Å². The highest BCUT2D eigenvalue weighted by atomic mass is 16.7. The van der Waals surface area contributed by atoms with Gasteiger partial charge in [0, 0.05) is 51.1 Å². The quantitative estimate of drug-likeness (QED) is 0.841. The van der Waals surface area contributed by atoms with Crippen LogP contribution in [-0.4, -0.2) is 58.4 Å². The molecule has 1 aromatic heterocycles. The predicted octanol–water partition coefficient (Wildman–Crippen LogP) is 1.88. The summed E-state index contributed by atoms with van der Waals surface area (Å²) in [7, 11) is 1.80. The largest absolute Gasteiger partial charge is 0.387 e. The molecule has 0 N–H and O–H groups in total. The lowest BCUT2D eigenvalue weighted by Crippen LogP contribution is -2.40. The highest BCUT2D eigenvalue weighted by molar-refractivity contribution is 6.39. The number of amides is 1. The molecule has 1 amide bonds. The van der Waals surface area contributed by atoms with Gasteiger partial charge in [-0.25, -0.2) is 0 Å². The Bertz CT molecular complexity index is 647. The van der Waals surface area contributed by atoms with Gasteiger partial charge in [-0.3, -0.25) is 9.69 Å². The molecular formula is C17H26N4O3. The molecule has 0 radical (unpaired) electrons. The summed E-state index contributed by atoms with van der Waals surface area (Å²) in [6.45, 7) is 10.4. The summed E-state index contributed by atoms with van der Waals surface area (Å²) in [5, 5.41) is 8.12. The van der Waals surface area contributed by atoms with Crippen molar-refractivity contribution < 1.29 is 14.2 Å². The molecule has 0 aliphatic carbocycles. The minimum absolute atomic E-state index is 0.0361. The summed E-state index contributed by atoms with van der Waals surface area (Å²) in [6.07, 6.45) is 1.46. The molecule has 1 aromatic rings. The fourth-order valence-electron chi connectivity index (χ4n) is 3.31. The van der Waals surface area contributed by atoms with Crippen molar-refractivity contribution >= 4 is 11.6 Å².